The summed E-state index contributed by atoms with van der Waals surface area (Å²) in [6.45, 7) is 5.93. The molecule has 5 heteroatoms. The van der Waals surface area contributed by atoms with Crippen molar-refractivity contribution < 1.29 is 14.4 Å². The third-order valence-electron chi connectivity index (χ3n) is 3.37. The smallest absolute Gasteiger partial charge is 0.229 e. The molecule has 1 unspecified atom stereocenters. The highest BCUT2D eigenvalue weighted by Crippen LogP contribution is 2.22. The van der Waals surface area contributed by atoms with E-state index < -0.39 is 6.10 Å². The summed E-state index contributed by atoms with van der Waals surface area (Å²) in [6, 6.07) is 7.76. The minimum atomic E-state index is -0.511. The first-order valence-corrected chi connectivity index (χ1v) is 7.01. The summed E-state index contributed by atoms with van der Waals surface area (Å²) >= 11 is 0. The summed E-state index contributed by atoms with van der Waals surface area (Å²) in [6.07, 6.45) is 0.434. The van der Waals surface area contributed by atoms with Crippen molar-refractivity contribution >= 4 is 0 Å². The van der Waals surface area contributed by atoms with Gasteiger partial charge in [0, 0.05) is 6.42 Å². The van der Waals surface area contributed by atoms with Crippen LogP contribution in [0.2, 0.25) is 0 Å². The molecule has 1 heterocycles. The Kier molecular flexibility index (Phi) is 4.63. The summed E-state index contributed by atoms with van der Waals surface area (Å²) in [4.78, 5) is 4.34. The van der Waals surface area contributed by atoms with E-state index in [1.165, 1.54) is 0 Å². The summed E-state index contributed by atoms with van der Waals surface area (Å²) in [5.41, 5.74) is 0.847. The first kappa shape index (κ1) is 15.5. The average molecular weight is 290 g/mol. The minimum Gasteiger partial charge on any atom is -0.497 e. The molecule has 2 rings (SSSR count). The number of nitrogens with zero attached hydrogens (tertiary/aromatic N) is 2. The van der Waals surface area contributed by atoms with Crippen LogP contribution in [0.4, 0.5) is 0 Å². The van der Waals surface area contributed by atoms with Gasteiger partial charge in [-0.05, 0) is 23.1 Å². The van der Waals surface area contributed by atoms with E-state index in [-0.39, 0.29) is 5.41 Å². The Labute approximate surface area is 125 Å². The van der Waals surface area contributed by atoms with Gasteiger partial charge < -0.3 is 14.4 Å². The molecule has 0 bridgehead atoms. The van der Waals surface area contributed by atoms with E-state index in [0.717, 1.165) is 11.3 Å². The van der Waals surface area contributed by atoms with Crippen LogP contribution in [0.5, 0.6) is 5.75 Å². The number of methoxy groups -OCH3 is 1. The summed E-state index contributed by atoms with van der Waals surface area (Å²) in [5, 5.41) is 14.0. The molecule has 0 aliphatic rings. The zero-order valence-corrected chi connectivity index (χ0v) is 13.0. The number of rotatable bonds is 5. The van der Waals surface area contributed by atoms with Crippen LogP contribution in [0.1, 0.15) is 38.0 Å². The molecule has 21 heavy (non-hydrogen) atoms. The zero-order valence-electron chi connectivity index (χ0n) is 13.0. The van der Waals surface area contributed by atoms with Crippen molar-refractivity contribution in [2.45, 2.75) is 39.7 Å². The van der Waals surface area contributed by atoms with Crippen molar-refractivity contribution in [2.24, 2.45) is 5.41 Å². The second-order valence-corrected chi connectivity index (χ2v) is 6.22. The standard InChI is InChI=1S/C16H22N2O3/c1-16(2,3)13(19)10-15-17-14(18-21-15)9-11-6-5-7-12(8-11)20-4/h5-8,13,19H,9-10H2,1-4H3. The first-order valence-electron chi connectivity index (χ1n) is 7.01. The maximum atomic E-state index is 10.1. The molecule has 1 atom stereocenters. The molecular formula is C16H22N2O3. The summed E-state index contributed by atoms with van der Waals surface area (Å²) in [7, 11) is 1.64. The first-order chi connectivity index (χ1) is 9.88. The van der Waals surface area contributed by atoms with Crippen molar-refractivity contribution in [1.29, 1.82) is 0 Å². The Morgan fingerprint density at radius 2 is 2.10 bits per heavy atom. The predicted molar refractivity (Wildman–Crippen MR) is 79.3 cm³/mol. The fourth-order valence-electron chi connectivity index (χ4n) is 1.88. The molecule has 0 saturated carbocycles. The Balaban J connectivity index is 2.03. The van der Waals surface area contributed by atoms with Crippen LogP contribution in [0.15, 0.2) is 28.8 Å². The molecular weight excluding hydrogens is 268 g/mol. The monoisotopic (exact) mass is 290 g/mol. The van der Waals surface area contributed by atoms with Crippen molar-refractivity contribution in [2.75, 3.05) is 7.11 Å². The van der Waals surface area contributed by atoms with Gasteiger partial charge in [0.1, 0.15) is 5.75 Å². The predicted octanol–water partition coefficient (Wildman–Crippen LogP) is 2.62. The molecule has 0 amide bonds. The second kappa shape index (κ2) is 6.26. The van der Waals surface area contributed by atoms with Gasteiger partial charge in [0.2, 0.25) is 5.89 Å². The molecule has 0 fully saturated rings. The van der Waals surface area contributed by atoms with Crippen LogP contribution >= 0.6 is 0 Å². The zero-order chi connectivity index (χ0) is 15.5. The Morgan fingerprint density at radius 1 is 1.33 bits per heavy atom. The average Bonchev–Trinajstić information content (AvgIpc) is 2.85. The molecule has 1 aromatic carbocycles. The molecule has 0 aliphatic heterocycles. The van der Waals surface area contributed by atoms with Gasteiger partial charge in [-0.15, -0.1) is 0 Å². The lowest BCUT2D eigenvalue weighted by Crippen LogP contribution is -2.28. The van der Waals surface area contributed by atoms with Crippen LogP contribution in [-0.4, -0.2) is 28.5 Å². The van der Waals surface area contributed by atoms with E-state index in [2.05, 4.69) is 10.1 Å². The van der Waals surface area contributed by atoms with Gasteiger partial charge in [-0.2, -0.15) is 4.98 Å². The van der Waals surface area contributed by atoms with Gasteiger partial charge in [-0.1, -0.05) is 38.1 Å². The van der Waals surface area contributed by atoms with Gasteiger partial charge in [0.25, 0.3) is 0 Å². The molecule has 2 aromatic rings. The molecule has 0 aliphatic carbocycles. The third kappa shape index (κ3) is 4.29. The van der Waals surface area contributed by atoms with Crippen LogP contribution in [0.25, 0.3) is 0 Å². The largest absolute Gasteiger partial charge is 0.497 e. The van der Waals surface area contributed by atoms with E-state index in [1.807, 2.05) is 45.0 Å². The molecule has 0 spiro atoms. The molecule has 1 aromatic heterocycles. The van der Waals surface area contributed by atoms with Gasteiger partial charge in [-0.3, -0.25) is 0 Å². The molecule has 0 saturated heterocycles. The molecule has 0 radical (unpaired) electrons. The van der Waals surface area contributed by atoms with E-state index in [0.29, 0.717) is 24.6 Å². The summed E-state index contributed by atoms with van der Waals surface area (Å²) in [5.74, 6) is 1.88. The second-order valence-electron chi connectivity index (χ2n) is 6.22. The number of hydrogen-bond donors (Lipinski definition) is 1. The van der Waals surface area contributed by atoms with E-state index in [9.17, 15) is 5.11 Å². The topological polar surface area (TPSA) is 68.4 Å². The Morgan fingerprint density at radius 3 is 2.76 bits per heavy atom. The van der Waals surface area contributed by atoms with E-state index in [4.69, 9.17) is 9.26 Å². The van der Waals surface area contributed by atoms with Gasteiger partial charge >= 0.3 is 0 Å². The highest BCUT2D eigenvalue weighted by Gasteiger charge is 2.24. The number of aliphatic hydroxyl groups is 1. The van der Waals surface area contributed by atoms with Crippen molar-refractivity contribution in [3.8, 4) is 5.75 Å². The Hall–Kier alpha value is -1.88. The highest BCUT2D eigenvalue weighted by atomic mass is 16.5. The van der Waals surface area contributed by atoms with Crippen molar-refractivity contribution in [3.63, 3.8) is 0 Å². The van der Waals surface area contributed by atoms with Gasteiger partial charge in [0.15, 0.2) is 5.82 Å². The normalized spacial score (nSPS) is 13.2. The van der Waals surface area contributed by atoms with Crippen LogP contribution in [0.3, 0.4) is 0 Å². The quantitative estimate of drug-likeness (QED) is 0.916. The lowest BCUT2D eigenvalue weighted by Gasteiger charge is -2.24. The van der Waals surface area contributed by atoms with E-state index in [1.54, 1.807) is 7.11 Å². The molecule has 1 N–H and O–H groups in total. The molecule has 114 valence electrons. The lowest BCUT2D eigenvalue weighted by atomic mass is 9.87. The van der Waals surface area contributed by atoms with Crippen LogP contribution in [0, 0.1) is 5.41 Å². The SMILES string of the molecule is COc1cccc(Cc2noc(CC(O)C(C)(C)C)n2)c1. The summed E-state index contributed by atoms with van der Waals surface area (Å²) < 4.78 is 10.4. The number of hydrogen-bond acceptors (Lipinski definition) is 5. The third-order valence-corrected chi connectivity index (χ3v) is 3.37. The fraction of sp³-hybridized carbons (Fsp3) is 0.500. The van der Waals surface area contributed by atoms with Gasteiger partial charge in [-0.25, -0.2) is 0 Å². The maximum Gasteiger partial charge on any atom is 0.229 e. The number of ether oxygens (including phenoxy) is 1. The number of benzene rings is 1. The highest BCUT2D eigenvalue weighted by molar-refractivity contribution is 5.30. The molecule has 5 nitrogen and oxygen atoms in total. The minimum absolute atomic E-state index is 0.207. The lowest BCUT2D eigenvalue weighted by molar-refractivity contribution is 0.0565. The number of aliphatic hydroxyl groups excluding tert-OH is 1. The van der Waals surface area contributed by atoms with Crippen molar-refractivity contribution in [3.05, 3.63) is 41.5 Å². The van der Waals surface area contributed by atoms with Crippen LogP contribution in [-0.2, 0) is 12.8 Å². The number of aromatic nitrogens is 2. The van der Waals surface area contributed by atoms with Crippen LogP contribution < -0.4 is 4.74 Å². The van der Waals surface area contributed by atoms with Crippen molar-refractivity contribution in [1.82, 2.24) is 10.1 Å². The van der Waals surface area contributed by atoms with E-state index >= 15 is 0 Å². The Bertz CT molecular complexity index is 587. The van der Waals surface area contributed by atoms with Gasteiger partial charge in [0.05, 0.1) is 19.6 Å². The fourth-order valence-corrected chi connectivity index (χ4v) is 1.88. The maximum absolute atomic E-state index is 10.1.